The van der Waals surface area contributed by atoms with Crippen LogP contribution in [0.4, 0.5) is 0 Å². The van der Waals surface area contributed by atoms with Gasteiger partial charge in [-0.05, 0) is 13.0 Å². The molecule has 0 aliphatic rings. The first-order chi connectivity index (χ1) is 4.83. The highest BCUT2D eigenvalue weighted by molar-refractivity contribution is 5.01. The second-order valence-corrected chi connectivity index (χ2v) is 2.41. The Morgan fingerprint density at radius 3 is 2.82 bits per heavy atom. The smallest absolute Gasteiger partial charge is 0.171 e. The number of pyridine rings is 1. The molecule has 2 N–H and O–H groups in total. The highest BCUT2D eigenvalue weighted by atomic mass is 35.5. The molecule has 0 aliphatic carbocycles. The summed E-state index contributed by atoms with van der Waals surface area (Å²) in [4.78, 5) is 0. The van der Waals surface area contributed by atoms with Gasteiger partial charge in [-0.3, -0.25) is 0 Å². The minimum Gasteiger partial charge on any atom is -1.00 e. The van der Waals surface area contributed by atoms with Crippen molar-refractivity contribution < 1.29 is 17.0 Å². The number of hydrogen-bond acceptors (Lipinski definition) is 1. The maximum absolute atomic E-state index is 5.39. The molecule has 0 aromatic carbocycles. The summed E-state index contributed by atoms with van der Waals surface area (Å²) >= 11 is 0. The molecule has 0 radical (unpaired) electrons. The number of halogens is 1. The van der Waals surface area contributed by atoms with Crippen molar-refractivity contribution in [3.63, 3.8) is 0 Å². The Morgan fingerprint density at radius 2 is 2.27 bits per heavy atom. The van der Waals surface area contributed by atoms with Crippen LogP contribution < -0.4 is 22.7 Å². The van der Waals surface area contributed by atoms with Gasteiger partial charge >= 0.3 is 0 Å². The average molecular weight is 173 g/mol. The highest BCUT2D eigenvalue weighted by Crippen LogP contribution is 1.88. The topological polar surface area (TPSA) is 29.9 Å². The van der Waals surface area contributed by atoms with Crippen LogP contribution in [0, 0.1) is 6.92 Å². The quantitative estimate of drug-likeness (QED) is 0.482. The number of rotatable bonds is 2. The molecular weight excluding hydrogens is 160 g/mol. The van der Waals surface area contributed by atoms with Crippen molar-refractivity contribution >= 4 is 0 Å². The zero-order valence-electron chi connectivity index (χ0n) is 6.63. The van der Waals surface area contributed by atoms with E-state index in [0.717, 1.165) is 6.54 Å². The number of nitrogens with zero attached hydrogens (tertiary/aromatic N) is 1. The largest absolute Gasteiger partial charge is 1.00 e. The van der Waals surface area contributed by atoms with Gasteiger partial charge in [0, 0.05) is 11.6 Å². The molecule has 1 rings (SSSR count). The molecule has 3 heteroatoms. The lowest BCUT2D eigenvalue weighted by Gasteiger charge is -1.92. The molecule has 1 heterocycles. The summed E-state index contributed by atoms with van der Waals surface area (Å²) in [6.07, 6.45) is 4.12. The third-order valence-electron chi connectivity index (χ3n) is 1.39. The summed E-state index contributed by atoms with van der Waals surface area (Å²) in [6, 6.07) is 4.11. The van der Waals surface area contributed by atoms with Gasteiger partial charge in [-0.1, -0.05) is 0 Å². The fourth-order valence-corrected chi connectivity index (χ4v) is 0.941. The number of aryl methyl sites for hydroxylation is 1. The number of nitrogens with two attached hydrogens (primary N) is 1. The van der Waals surface area contributed by atoms with E-state index in [2.05, 4.69) is 23.8 Å². The first kappa shape index (κ1) is 10.4. The molecule has 62 valence electrons. The van der Waals surface area contributed by atoms with Crippen molar-refractivity contribution in [2.24, 2.45) is 5.73 Å². The maximum Gasteiger partial charge on any atom is 0.171 e. The summed E-state index contributed by atoms with van der Waals surface area (Å²) in [5.74, 6) is 0. The Labute approximate surface area is 73.4 Å². The van der Waals surface area contributed by atoms with Crippen molar-refractivity contribution in [2.75, 3.05) is 6.54 Å². The SMILES string of the molecule is Cc1ccc[n+](CCN)c1.[Cl-]. The molecule has 0 unspecified atom stereocenters. The zero-order chi connectivity index (χ0) is 7.40. The summed E-state index contributed by atoms with van der Waals surface area (Å²) in [7, 11) is 0. The molecule has 11 heavy (non-hydrogen) atoms. The van der Waals surface area contributed by atoms with Crippen LogP contribution >= 0.6 is 0 Å². The molecule has 0 atom stereocenters. The van der Waals surface area contributed by atoms with E-state index in [9.17, 15) is 0 Å². The molecule has 1 aromatic rings. The van der Waals surface area contributed by atoms with Crippen LogP contribution in [-0.4, -0.2) is 6.54 Å². The van der Waals surface area contributed by atoms with Crippen LogP contribution in [0.3, 0.4) is 0 Å². The van der Waals surface area contributed by atoms with Crippen LogP contribution in [-0.2, 0) is 6.54 Å². The van der Waals surface area contributed by atoms with Gasteiger partial charge in [-0.25, -0.2) is 4.57 Å². The maximum atomic E-state index is 5.39. The molecule has 0 fully saturated rings. The van der Waals surface area contributed by atoms with Gasteiger partial charge in [0.25, 0.3) is 0 Å². The summed E-state index contributed by atoms with van der Waals surface area (Å²) < 4.78 is 2.09. The van der Waals surface area contributed by atoms with E-state index >= 15 is 0 Å². The van der Waals surface area contributed by atoms with Crippen molar-refractivity contribution in [2.45, 2.75) is 13.5 Å². The van der Waals surface area contributed by atoms with Crippen molar-refractivity contribution in [3.05, 3.63) is 30.1 Å². The monoisotopic (exact) mass is 172 g/mol. The lowest BCUT2D eigenvalue weighted by atomic mass is 10.3. The third kappa shape index (κ3) is 3.35. The normalized spacial score (nSPS) is 8.91. The first-order valence-electron chi connectivity index (χ1n) is 3.48. The van der Waals surface area contributed by atoms with Crippen LogP contribution in [0.1, 0.15) is 5.56 Å². The summed E-state index contributed by atoms with van der Waals surface area (Å²) in [5.41, 5.74) is 6.66. The fourth-order valence-electron chi connectivity index (χ4n) is 0.941. The van der Waals surface area contributed by atoms with Crippen LogP contribution in [0.25, 0.3) is 0 Å². The van der Waals surface area contributed by atoms with Gasteiger partial charge < -0.3 is 18.1 Å². The van der Waals surface area contributed by atoms with E-state index < -0.39 is 0 Å². The lowest BCUT2D eigenvalue weighted by molar-refractivity contribution is -0.694. The highest BCUT2D eigenvalue weighted by Gasteiger charge is 1.95. The van der Waals surface area contributed by atoms with E-state index in [1.54, 1.807) is 0 Å². The summed E-state index contributed by atoms with van der Waals surface area (Å²) in [6.45, 7) is 3.68. The second kappa shape index (κ2) is 5.10. The molecular formula is C8H13ClN2. The molecule has 2 nitrogen and oxygen atoms in total. The Hall–Kier alpha value is -0.600. The van der Waals surface area contributed by atoms with E-state index in [-0.39, 0.29) is 12.4 Å². The van der Waals surface area contributed by atoms with Crippen molar-refractivity contribution in [1.29, 1.82) is 0 Å². The lowest BCUT2D eigenvalue weighted by Crippen LogP contribution is -3.00. The van der Waals surface area contributed by atoms with Gasteiger partial charge in [0.05, 0.1) is 6.54 Å². The second-order valence-electron chi connectivity index (χ2n) is 2.41. The Balaban J connectivity index is 0.000001000. The van der Waals surface area contributed by atoms with Gasteiger partial charge in [-0.2, -0.15) is 0 Å². The number of aromatic nitrogens is 1. The third-order valence-corrected chi connectivity index (χ3v) is 1.39. The molecule has 0 saturated heterocycles. The standard InChI is InChI=1S/C8H13N2.ClH/c1-8-3-2-5-10(7-8)6-4-9;/h2-3,5,7H,4,6,9H2,1H3;1H/q+1;/p-1. The molecule has 1 aromatic heterocycles. The number of hydrogen-bond donors (Lipinski definition) is 1. The molecule has 0 saturated carbocycles. The summed E-state index contributed by atoms with van der Waals surface area (Å²) in [5, 5.41) is 0. The van der Waals surface area contributed by atoms with Crippen molar-refractivity contribution in [3.8, 4) is 0 Å². The van der Waals surface area contributed by atoms with Crippen LogP contribution in [0.15, 0.2) is 24.5 Å². The van der Waals surface area contributed by atoms with E-state index in [1.807, 2.05) is 12.3 Å². The fraction of sp³-hybridized carbons (Fsp3) is 0.375. The Bertz CT molecular complexity index is 213. The van der Waals surface area contributed by atoms with Gasteiger partial charge in [-0.15, -0.1) is 0 Å². The minimum atomic E-state index is 0. The minimum absolute atomic E-state index is 0. The van der Waals surface area contributed by atoms with Gasteiger partial charge in [0.1, 0.15) is 0 Å². The van der Waals surface area contributed by atoms with Gasteiger partial charge in [0.15, 0.2) is 18.9 Å². The first-order valence-corrected chi connectivity index (χ1v) is 3.48. The predicted molar refractivity (Wildman–Crippen MR) is 40.4 cm³/mol. The van der Waals surface area contributed by atoms with Crippen LogP contribution in [0.2, 0.25) is 0 Å². The molecule has 0 amide bonds. The molecule has 0 spiro atoms. The molecule has 0 bridgehead atoms. The predicted octanol–water partition coefficient (Wildman–Crippen LogP) is -2.75. The van der Waals surface area contributed by atoms with Crippen LogP contribution in [0.5, 0.6) is 0 Å². The van der Waals surface area contributed by atoms with E-state index in [4.69, 9.17) is 5.73 Å². The van der Waals surface area contributed by atoms with Gasteiger partial charge in [0.2, 0.25) is 0 Å². The van der Waals surface area contributed by atoms with E-state index in [0.29, 0.717) is 6.54 Å². The van der Waals surface area contributed by atoms with Crippen molar-refractivity contribution in [1.82, 2.24) is 0 Å². The Kier molecular flexibility index (Phi) is 4.83. The molecule has 0 aliphatic heterocycles. The zero-order valence-corrected chi connectivity index (χ0v) is 7.38. The Morgan fingerprint density at radius 1 is 1.55 bits per heavy atom. The van der Waals surface area contributed by atoms with E-state index in [1.165, 1.54) is 5.56 Å². The average Bonchev–Trinajstić information content (AvgIpc) is 1.88.